The lowest BCUT2D eigenvalue weighted by Crippen LogP contribution is -2.25. The van der Waals surface area contributed by atoms with Gasteiger partial charge in [0.2, 0.25) is 0 Å². The summed E-state index contributed by atoms with van der Waals surface area (Å²) < 4.78 is 0. The first kappa shape index (κ1) is 18.3. The highest BCUT2D eigenvalue weighted by atomic mass is 15.2. The molecule has 0 bridgehead atoms. The molecule has 4 aromatic carbocycles. The van der Waals surface area contributed by atoms with Crippen LogP contribution in [0.3, 0.4) is 0 Å². The summed E-state index contributed by atoms with van der Waals surface area (Å²) in [5, 5.41) is 2.57. The molecule has 0 radical (unpaired) electrons. The van der Waals surface area contributed by atoms with Gasteiger partial charge in [0.15, 0.2) is 0 Å². The maximum Gasteiger partial charge on any atom is 0.0419 e. The van der Waals surface area contributed by atoms with Crippen LogP contribution in [0, 0.1) is 13.8 Å². The van der Waals surface area contributed by atoms with Crippen molar-refractivity contribution in [1.82, 2.24) is 0 Å². The minimum atomic E-state index is 0.365. The van der Waals surface area contributed by atoms with E-state index in [4.69, 9.17) is 0 Å². The number of anilines is 2. The Labute approximate surface area is 168 Å². The molecule has 0 amide bonds. The van der Waals surface area contributed by atoms with Crippen molar-refractivity contribution in [3.8, 4) is 11.1 Å². The highest BCUT2D eigenvalue weighted by Crippen LogP contribution is 2.34. The van der Waals surface area contributed by atoms with E-state index in [1.165, 1.54) is 44.4 Å². The number of fused-ring (bicyclic) bond motifs is 1. The van der Waals surface area contributed by atoms with E-state index >= 15 is 0 Å². The molecular weight excluding hydrogens is 338 g/mol. The second-order valence-electron chi connectivity index (χ2n) is 7.89. The van der Waals surface area contributed by atoms with Gasteiger partial charge in [-0.1, -0.05) is 60.7 Å². The highest BCUT2D eigenvalue weighted by molar-refractivity contribution is 5.97. The van der Waals surface area contributed by atoms with E-state index in [1.54, 1.807) is 0 Å². The lowest BCUT2D eigenvalue weighted by Gasteiger charge is -2.30. The van der Waals surface area contributed by atoms with Crippen LogP contribution in [0.1, 0.15) is 25.0 Å². The number of benzene rings is 4. The first-order valence-corrected chi connectivity index (χ1v) is 9.98. The van der Waals surface area contributed by atoms with Crippen molar-refractivity contribution < 1.29 is 0 Å². The standard InChI is InChI=1S/C27H27N/c1-19(2)28(25-16-20(3)15-21(4)17-25)24-12-7-11-23(18-24)27-14-8-10-22-9-5-6-13-26(22)27/h5-19H,1-4H3. The Morgan fingerprint density at radius 2 is 1.32 bits per heavy atom. The average Bonchev–Trinajstić information content (AvgIpc) is 2.67. The molecule has 0 atom stereocenters. The van der Waals surface area contributed by atoms with Crippen LogP contribution in [0.15, 0.2) is 84.9 Å². The van der Waals surface area contributed by atoms with Gasteiger partial charge in [-0.3, -0.25) is 0 Å². The zero-order chi connectivity index (χ0) is 19.7. The van der Waals surface area contributed by atoms with Crippen molar-refractivity contribution in [2.75, 3.05) is 4.90 Å². The predicted octanol–water partition coefficient (Wildman–Crippen LogP) is 7.67. The van der Waals surface area contributed by atoms with Crippen LogP contribution in [-0.2, 0) is 0 Å². The molecule has 0 aliphatic rings. The number of rotatable bonds is 4. The van der Waals surface area contributed by atoms with Crippen LogP contribution in [0.5, 0.6) is 0 Å². The molecule has 4 rings (SSSR count). The van der Waals surface area contributed by atoms with Crippen molar-refractivity contribution in [1.29, 1.82) is 0 Å². The van der Waals surface area contributed by atoms with Crippen LogP contribution in [0.2, 0.25) is 0 Å². The molecule has 0 aliphatic heterocycles. The maximum atomic E-state index is 2.43. The molecule has 0 N–H and O–H groups in total. The fourth-order valence-corrected chi connectivity index (χ4v) is 4.14. The van der Waals surface area contributed by atoms with Gasteiger partial charge in [-0.15, -0.1) is 0 Å². The van der Waals surface area contributed by atoms with Gasteiger partial charge in [0.05, 0.1) is 0 Å². The van der Waals surface area contributed by atoms with E-state index < -0.39 is 0 Å². The molecule has 0 heterocycles. The number of aryl methyl sites for hydroxylation is 2. The zero-order valence-corrected chi connectivity index (χ0v) is 17.1. The van der Waals surface area contributed by atoms with Gasteiger partial charge in [-0.05, 0) is 85.0 Å². The molecule has 0 unspecified atom stereocenters. The third kappa shape index (κ3) is 3.53. The fraction of sp³-hybridized carbons (Fsp3) is 0.185. The van der Waals surface area contributed by atoms with Crippen LogP contribution in [0.25, 0.3) is 21.9 Å². The molecule has 0 saturated carbocycles. The second kappa shape index (κ2) is 7.52. The van der Waals surface area contributed by atoms with Gasteiger partial charge in [0.1, 0.15) is 0 Å². The Balaban J connectivity index is 1.84. The fourth-order valence-electron chi connectivity index (χ4n) is 4.14. The minimum Gasteiger partial charge on any atom is -0.339 e. The van der Waals surface area contributed by atoms with Crippen LogP contribution in [0.4, 0.5) is 11.4 Å². The second-order valence-corrected chi connectivity index (χ2v) is 7.89. The molecular formula is C27H27N. The molecule has 28 heavy (non-hydrogen) atoms. The Morgan fingerprint density at radius 3 is 2.07 bits per heavy atom. The smallest absolute Gasteiger partial charge is 0.0419 e. The summed E-state index contributed by atoms with van der Waals surface area (Å²) in [6.45, 7) is 8.84. The largest absolute Gasteiger partial charge is 0.339 e. The van der Waals surface area contributed by atoms with Crippen LogP contribution >= 0.6 is 0 Å². The van der Waals surface area contributed by atoms with Crippen molar-refractivity contribution >= 4 is 22.1 Å². The molecule has 0 spiro atoms. The quantitative estimate of drug-likeness (QED) is 0.358. The Hall–Kier alpha value is -3.06. The number of hydrogen-bond acceptors (Lipinski definition) is 1. The Morgan fingerprint density at radius 1 is 0.643 bits per heavy atom. The van der Waals surface area contributed by atoms with Crippen molar-refractivity contribution in [2.24, 2.45) is 0 Å². The molecule has 0 aromatic heterocycles. The summed E-state index contributed by atoms with van der Waals surface area (Å²) in [7, 11) is 0. The molecule has 1 nitrogen and oxygen atoms in total. The predicted molar refractivity (Wildman–Crippen MR) is 123 cm³/mol. The molecule has 0 fully saturated rings. The van der Waals surface area contributed by atoms with Gasteiger partial charge in [-0.25, -0.2) is 0 Å². The monoisotopic (exact) mass is 365 g/mol. The summed E-state index contributed by atoms with van der Waals surface area (Å²) in [6.07, 6.45) is 0. The van der Waals surface area contributed by atoms with Crippen molar-refractivity contribution in [3.05, 3.63) is 96.1 Å². The van der Waals surface area contributed by atoms with E-state index in [9.17, 15) is 0 Å². The van der Waals surface area contributed by atoms with E-state index in [1.807, 2.05) is 0 Å². The zero-order valence-electron chi connectivity index (χ0n) is 17.1. The van der Waals surface area contributed by atoms with Gasteiger partial charge in [-0.2, -0.15) is 0 Å². The third-order valence-corrected chi connectivity index (χ3v) is 5.23. The van der Waals surface area contributed by atoms with Gasteiger partial charge < -0.3 is 4.90 Å². The van der Waals surface area contributed by atoms with E-state index in [-0.39, 0.29) is 0 Å². The summed E-state index contributed by atoms with van der Waals surface area (Å²) >= 11 is 0. The Bertz CT molecular complexity index is 1100. The summed E-state index contributed by atoms with van der Waals surface area (Å²) in [4.78, 5) is 2.43. The normalized spacial score (nSPS) is 11.2. The van der Waals surface area contributed by atoms with Gasteiger partial charge in [0.25, 0.3) is 0 Å². The lowest BCUT2D eigenvalue weighted by molar-refractivity contribution is 0.788. The van der Waals surface area contributed by atoms with Crippen molar-refractivity contribution in [3.63, 3.8) is 0 Å². The van der Waals surface area contributed by atoms with Crippen LogP contribution in [-0.4, -0.2) is 6.04 Å². The molecule has 140 valence electrons. The summed E-state index contributed by atoms with van der Waals surface area (Å²) in [6, 6.07) is 31.2. The van der Waals surface area contributed by atoms with Gasteiger partial charge in [0, 0.05) is 17.4 Å². The molecule has 0 aliphatic carbocycles. The first-order valence-electron chi connectivity index (χ1n) is 9.98. The third-order valence-electron chi connectivity index (χ3n) is 5.23. The average molecular weight is 366 g/mol. The topological polar surface area (TPSA) is 3.24 Å². The van der Waals surface area contributed by atoms with Crippen LogP contribution < -0.4 is 4.90 Å². The molecule has 0 saturated heterocycles. The SMILES string of the molecule is Cc1cc(C)cc(N(c2cccc(-c3cccc4ccccc34)c2)C(C)C)c1. The minimum absolute atomic E-state index is 0.365. The highest BCUT2D eigenvalue weighted by Gasteiger charge is 2.15. The molecule has 1 heteroatoms. The van der Waals surface area contributed by atoms with E-state index in [0.29, 0.717) is 6.04 Å². The van der Waals surface area contributed by atoms with Gasteiger partial charge >= 0.3 is 0 Å². The number of hydrogen-bond donors (Lipinski definition) is 0. The first-order chi connectivity index (χ1) is 13.5. The summed E-state index contributed by atoms with van der Waals surface area (Å²) in [5.41, 5.74) is 7.61. The maximum absolute atomic E-state index is 2.43. The lowest BCUT2D eigenvalue weighted by atomic mass is 9.97. The van der Waals surface area contributed by atoms with Crippen molar-refractivity contribution in [2.45, 2.75) is 33.7 Å². The molecule has 4 aromatic rings. The van der Waals surface area contributed by atoms with E-state index in [0.717, 1.165) is 0 Å². The van der Waals surface area contributed by atoms with E-state index in [2.05, 4.69) is 118 Å². The summed E-state index contributed by atoms with van der Waals surface area (Å²) in [5.74, 6) is 0. The number of nitrogens with zero attached hydrogens (tertiary/aromatic N) is 1. The Kier molecular flexibility index (Phi) is 4.92.